The minimum Gasteiger partial charge on any atom is -0.345 e. The lowest BCUT2D eigenvalue weighted by Gasteiger charge is -2.27. The lowest BCUT2D eigenvalue weighted by molar-refractivity contribution is 0.195. The van der Waals surface area contributed by atoms with Crippen LogP contribution in [0.3, 0.4) is 0 Å². The molecule has 0 fully saturated rings. The van der Waals surface area contributed by atoms with Crippen molar-refractivity contribution < 1.29 is 4.79 Å². The maximum absolute atomic E-state index is 12.0. The van der Waals surface area contributed by atoms with E-state index in [-0.39, 0.29) is 6.03 Å². The number of nitrogens with zero attached hydrogens (tertiary/aromatic N) is 3. The lowest BCUT2D eigenvalue weighted by Crippen LogP contribution is -2.45. The van der Waals surface area contributed by atoms with E-state index in [4.69, 9.17) is 0 Å². The van der Waals surface area contributed by atoms with Crippen LogP contribution in [0.25, 0.3) is 0 Å². The van der Waals surface area contributed by atoms with Crippen LogP contribution in [0.4, 0.5) is 4.79 Å². The molecule has 2 amide bonds. The van der Waals surface area contributed by atoms with E-state index >= 15 is 0 Å². The number of H-pyrrole nitrogens is 1. The molecule has 0 bridgehead atoms. The van der Waals surface area contributed by atoms with Gasteiger partial charge in [-0.3, -0.25) is 0 Å². The standard InChI is InChI=1S/C14H27N5O/c1-6-12(18(4)7-2)9-16-14(20)19(5)10-13-15-8-11(3)17-13/h8,12H,6-7,9-10H2,1-5H3,(H,15,17)(H,16,20)/t12-/m1/s1. The van der Waals surface area contributed by atoms with Crippen molar-refractivity contribution in [2.45, 2.75) is 39.8 Å². The summed E-state index contributed by atoms with van der Waals surface area (Å²) in [6.45, 7) is 8.34. The van der Waals surface area contributed by atoms with Gasteiger partial charge in [-0.2, -0.15) is 0 Å². The van der Waals surface area contributed by atoms with E-state index in [1.807, 2.05) is 6.92 Å². The first kappa shape index (κ1) is 16.5. The number of carbonyl (C=O) groups is 1. The van der Waals surface area contributed by atoms with E-state index in [1.54, 1.807) is 18.1 Å². The highest BCUT2D eigenvalue weighted by molar-refractivity contribution is 5.73. The third kappa shape index (κ3) is 4.85. The zero-order valence-corrected chi connectivity index (χ0v) is 13.2. The first-order chi connectivity index (χ1) is 9.47. The lowest BCUT2D eigenvalue weighted by atomic mass is 10.2. The van der Waals surface area contributed by atoms with E-state index in [1.165, 1.54) is 0 Å². The molecule has 1 aromatic rings. The molecule has 20 heavy (non-hydrogen) atoms. The zero-order valence-electron chi connectivity index (χ0n) is 13.2. The van der Waals surface area contributed by atoms with Gasteiger partial charge in [-0.05, 0) is 26.9 Å². The largest absolute Gasteiger partial charge is 0.345 e. The summed E-state index contributed by atoms with van der Waals surface area (Å²) in [6.07, 6.45) is 2.79. The first-order valence-electron chi connectivity index (χ1n) is 7.17. The van der Waals surface area contributed by atoms with Gasteiger partial charge in [0.1, 0.15) is 5.82 Å². The van der Waals surface area contributed by atoms with Crippen LogP contribution in [0.2, 0.25) is 0 Å². The molecule has 0 radical (unpaired) electrons. The molecule has 1 rings (SSSR count). The van der Waals surface area contributed by atoms with Crippen molar-refractivity contribution in [2.75, 3.05) is 27.2 Å². The number of carbonyl (C=O) groups excluding carboxylic acids is 1. The topological polar surface area (TPSA) is 64.3 Å². The Morgan fingerprint density at radius 1 is 1.45 bits per heavy atom. The molecule has 0 spiro atoms. The Hall–Kier alpha value is -1.56. The van der Waals surface area contributed by atoms with Crippen LogP contribution in [0, 0.1) is 6.92 Å². The number of urea groups is 1. The monoisotopic (exact) mass is 281 g/mol. The summed E-state index contributed by atoms with van der Waals surface area (Å²) >= 11 is 0. The zero-order chi connectivity index (χ0) is 15.1. The van der Waals surface area contributed by atoms with Crippen LogP contribution < -0.4 is 5.32 Å². The summed E-state index contributed by atoms with van der Waals surface area (Å²) < 4.78 is 0. The van der Waals surface area contributed by atoms with E-state index in [0.29, 0.717) is 19.1 Å². The quantitative estimate of drug-likeness (QED) is 0.797. The maximum atomic E-state index is 12.0. The van der Waals surface area contributed by atoms with Gasteiger partial charge in [-0.25, -0.2) is 9.78 Å². The normalized spacial score (nSPS) is 12.5. The van der Waals surface area contributed by atoms with Crippen molar-refractivity contribution in [3.8, 4) is 0 Å². The number of hydrogen-bond donors (Lipinski definition) is 2. The van der Waals surface area contributed by atoms with Crippen LogP contribution in [0.15, 0.2) is 6.20 Å². The highest BCUT2D eigenvalue weighted by Crippen LogP contribution is 2.02. The Bertz CT molecular complexity index is 417. The van der Waals surface area contributed by atoms with Gasteiger partial charge in [-0.1, -0.05) is 13.8 Å². The van der Waals surface area contributed by atoms with Gasteiger partial charge in [0.05, 0.1) is 6.54 Å². The van der Waals surface area contributed by atoms with E-state index in [2.05, 4.69) is 41.1 Å². The predicted octanol–water partition coefficient (Wildman–Crippen LogP) is 1.59. The van der Waals surface area contributed by atoms with Crippen molar-refractivity contribution in [1.82, 2.24) is 25.1 Å². The summed E-state index contributed by atoms with van der Waals surface area (Å²) in [6, 6.07) is 0.310. The predicted molar refractivity (Wildman–Crippen MR) is 80.6 cm³/mol. The second-order valence-electron chi connectivity index (χ2n) is 5.19. The molecule has 6 heteroatoms. The number of imidazole rings is 1. The van der Waals surface area contributed by atoms with Gasteiger partial charge < -0.3 is 20.1 Å². The summed E-state index contributed by atoms with van der Waals surface area (Å²) in [5, 5.41) is 2.98. The number of aromatic nitrogens is 2. The van der Waals surface area contributed by atoms with Gasteiger partial charge in [0.25, 0.3) is 0 Å². The van der Waals surface area contributed by atoms with Crippen LogP contribution in [-0.2, 0) is 6.54 Å². The molecule has 0 aliphatic heterocycles. The second-order valence-corrected chi connectivity index (χ2v) is 5.19. The Morgan fingerprint density at radius 3 is 2.65 bits per heavy atom. The second kappa shape index (κ2) is 7.89. The molecular formula is C14H27N5O. The third-order valence-corrected chi connectivity index (χ3v) is 3.57. The summed E-state index contributed by atoms with van der Waals surface area (Å²) in [5.41, 5.74) is 1.00. The SMILES string of the molecule is CC[C@H](CNC(=O)N(C)Cc1ncc(C)[nH]1)N(C)CC. The number of nitrogens with one attached hydrogen (secondary N) is 2. The average Bonchev–Trinajstić information content (AvgIpc) is 2.83. The van der Waals surface area contributed by atoms with E-state index < -0.39 is 0 Å². The van der Waals surface area contributed by atoms with Gasteiger partial charge in [0.15, 0.2) is 0 Å². The fourth-order valence-corrected chi connectivity index (χ4v) is 2.05. The third-order valence-electron chi connectivity index (χ3n) is 3.57. The van der Waals surface area contributed by atoms with E-state index in [0.717, 1.165) is 24.5 Å². The molecule has 1 atom stereocenters. The summed E-state index contributed by atoms with van der Waals surface area (Å²) in [7, 11) is 3.85. The Kier molecular flexibility index (Phi) is 6.51. The molecule has 0 saturated heterocycles. The van der Waals surface area contributed by atoms with Crippen molar-refractivity contribution in [1.29, 1.82) is 0 Å². The van der Waals surface area contributed by atoms with Crippen LogP contribution in [0.1, 0.15) is 31.8 Å². The molecule has 6 nitrogen and oxygen atoms in total. The van der Waals surface area contributed by atoms with Gasteiger partial charge >= 0.3 is 6.03 Å². The number of rotatable bonds is 7. The molecule has 2 N–H and O–H groups in total. The van der Waals surface area contributed by atoms with Crippen molar-refractivity contribution in [3.05, 3.63) is 17.7 Å². The van der Waals surface area contributed by atoms with Crippen LogP contribution >= 0.6 is 0 Å². The van der Waals surface area contributed by atoms with Crippen molar-refractivity contribution in [2.24, 2.45) is 0 Å². The Morgan fingerprint density at radius 2 is 2.15 bits per heavy atom. The minimum absolute atomic E-state index is 0.0676. The first-order valence-corrected chi connectivity index (χ1v) is 7.17. The molecule has 0 aliphatic carbocycles. The van der Waals surface area contributed by atoms with Crippen LogP contribution in [-0.4, -0.2) is 59.0 Å². The van der Waals surface area contributed by atoms with Crippen molar-refractivity contribution >= 4 is 6.03 Å². The fourth-order valence-electron chi connectivity index (χ4n) is 2.05. The highest BCUT2D eigenvalue weighted by atomic mass is 16.2. The van der Waals surface area contributed by atoms with Gasteiger partial charge in [-0.15, -0.1) is 0 Å². The molecular weight excluding hydrogens is 254 g/mol. The molecule has 1 aromatic heterocycles. The summed E-state index contributed by atoms with van der Waals surface area (Å²) in [5.74, 6) is 0.804. The Balaban J connectivity index is 2.41. The number of aromatic amines is 1. The molecule has 0 unspecified atom stereocenters. The fraction of sp³-hybridized carbons (Fsp3) is 0.714. The molecule has 1 heterocycles. The maximum Gasteiger partial charge on any atom is 0.317 e. The minimum atomic E-state index is -0.0676. The average molecular weight is 281 g/mol. The highest BCUT2D eigenvalue weighted by Gasteiger charge is 2.15. The number of hydrogen-bond acceptors (Lipinski definition) is 3. The number of aryl methyl sites for hydroxylation is 1. The number of amides is 2. The number of likely N-dealkylation sites (N-methyl/N-ethyl adjacent to an activating group) is 1. The summed E-state index contributed by atoms with van der Waals surface area (Å²) in [4.78, 5) is 23.3. The van der Waals surface area contributed by atoms with Gasteiger partial charge in [0, 0.05) is 31.5 Å². The van der Waals surface area contributed by atoms with Gasteiger partial charge in [0.2, 0.25) is 0 Å². The molecule has 114 valence electrons. The van der Waals surface area contributed by atoms with Crippen molar-refractivity contribution in [3.63, 3.8) is 0 Å². The van der Waals surface area contributed by atoms with Crippen LogP contribution in [0.5, 0.6) is 0 Å². The smallest absolute Gasteiger partial charge is 0.317 e. The Labute approximate surface area is 121 Å². The molecule has 0 aliphatic rings. The molecule has 0 aromatic carbocycles. The molecule has 0 saturated carbocycles. The van der Waals surface area contributed by atoms with E-state index in [9.17, 15) is 4.79 Å².